The van der Waals surface area contributed by atoms with Gasteiger partial charge in [-0.3, -0.25) is 4.90 Å². The highest BCUT2D eigenvalue weighted by molar-refractivity contribution is 5.93. The zero-order valence-corrected chi connectivity index (χ0v) is 25.1. The van der Waals surface area contributed by atoms with Crippen LogP contribution < -0.4 is 15.7 Å². The first kappa shape index (κ1) is 34.5. The number of nitrogens with zero attached hydrogens (tertiary/aromatic N) is 5. The predicted octanol–water partition coefficient (Wildman–Crippen LogP) is 2.02. The largest absolute Gasteiger partial charge is 0.554 e. The molecule has 1 unspecified atom stereocenters. The third-order valence-corrected chi connectivity index (χ3v) is 7.45. The van der Waals surface area contributed by atoms with E-state index < -0.39 is 35.9 Å². The molecule has 0 bridgehead atoms. The molecule has 0 fully saturated rings. The lowest BCUT2D eigenvalue weighted by Crippen LogP contribution is -2.42. The number of ether oxygens (including phenoxy) is 1. The van der Waals surface area contributed by atoms with Gasteiger partial charge in [0.25, 0.3) is 0 Å². The van der Waals surface area contributed by atoms with Gasteiger partial charge >= 0.3 is 17.8 Å². The number of aliphatic hydroxyl groups excluding tert-OH is 1. The molecule has 0 spiro atoms. The molecule has 2 heterocycles. The maximum Gasteiger partial charge on any atom is 0.416 e. The standard InChI is InChI=1S/C29H31F3N6O4.CH2O2/c1-18-24(26(40)42-4)25(23-10-9-19(17-33)15-20(23)11-13-38(2,3)12-6-14-39)37-27(34-35-28(37)41)36(18)22-8-5-7-21(16-22)29(30,31)32;2-1-3/h5,7-10,15-16,25,39H,6,11-14H2,1-4H3;1H,(H,2,3). The number of carbonyl (C=O) groups is 2. The summed E-state index contributed by atoms with van der Waals surface area (Å²) in [6, 6.07) is 10.5. The number of hydrogen-bond acceptors (Lipinski definition) is 9. The van der Waals surface area contributed by atoms with E-state index in [1.54, 1.807) is 25.1 Å². The number of methoxy groups -OCH3 is 1. The van der Waals surface area contributed by atoms with E-state index in [4.69, 9.17) is 14.6 Å². The van der Waals surface area contributed by atoms with Crippen molar-refractivity contribution in [3.05, 3.63) is 86.5 Å². The van der Waals surface area contributed by atoms with E-state index in [1.807, 2.05) is 14.1 Å². The number of aromatic amines is 1. The minimum atomic E-state index is -4.62. The van der Waals surface area contributed by atoms with Crippen molar-refractivity contribution in [1.29, 1.82) is 5.26 Å². The normalized spacial score (nSPS) is 14.6. The molecule has 3 aromatic rings. The minimum Gasteiger partial charge on any atom is -0.554 e. The number of alkyl halides is 3. The Bertz CT molecular complexity index is 1670. The van der Waals surface area contributed by atoms with Crippen LogP contribution in [0, 0.1) is 11.3 Å². The predicted molar refractivity (Wildman–Crippen MR) is 154 cm³/mol. The number of rotatable bonds is 9. The molecule has 2 aromatic carbocycles. The van der Waals surface area contributed by atoms with Gasteiger partial charge < -0.3 is 24.2 Å². The summed E-state index contributed by atoms with van der Waals surface area (Å²) in [6.45, 7) is 2.44. The maximum atomic E-state index is 13.6. The Hall–Kier alpha value is -4.94. The summed E-state index contributed by atoms with van der Waals surface area (Å²) in [6.07, 6.45) is -3.55. The Morgan fingerprint density at radius 1 is 1.24 bits per heavy atom. The molecule has 0 radical (unpaired) electrons. The van der Waals surface area contributed by atoms with Crippen molar-refractivity contribution in [1.82, 2.24) is 14.8 Å². The van der Waals surface area contributed by atoms with Crippen molar-refractivity contribution in [2.75, 3.05) is 45.8 Å². The summed E-state index contributed by atoms with van der Waals surface area (Å²) in [5.74, 6) is -0.786. The van der Waals surface area contributed by atoms with E-state index in [0.717, 1.165) is 12.1 Å². The van der Waals surface area contributed by atoms with Crippen LogP contribution in [0.25, 0.3) is 0 Å². The van der Waals surface area contributed by atoms with E-state index in [1.165, 1.54) is 28.7 Å². The number of hydrogen-bond donors (Lipinski definition) is 2. The van der Waals surface area contributed by atoms with Crippen LogP contribution >= 0.6 is 0 Å². The lowest BCUT2D eigenvalue weighted by atomic mass is 9.89. The van der Waals surface area contributed by atoms with Crippen molar-refractivity contribution in [2.45, 2.75) is 32.0 Å². The molecule has 0 saturated heterocycles. The number of H-pyrrole nitrogens is 1. The number of esters is 1. The molecule has 1 aliphatic rings. The summed E-state index contributed by atoms with van der Waals surface area (Å²) >= 11 is 0. The van der Waals surface area contributed by atoms with Gasteiger partial charge in [-0.05, 0) is 48.4 Å². The van der Waals surface area contributed by atoms with E-state index in [0.29, 0.717) is 47.1 Å². The van der Waals surface area contributed by atoms with Gasteiger partial charge in [-0.25, -0.2) is 19.3 Å². The Morgan fingerprint density at radius 3 is 2.53 bits per heavy atom. The summed E-state index contributed by atoms with van der Waals surface area (Å²) in [5.41, 5.74) is 0.351. The molecule has 1 aromatic heterocycles. The van der Waals surface area contributed by atoms with Gasteiger partial charge in [0, 0.05) is 37.3 Å². The average molecular weight is 631 g/mol. The SMILES string of the molecule is COC(=O)C1=C(C)N(c2cccc(C(F)(F)F)c2)c2n[nH]c(=O)n2C1c1ccc(C#N)cc1CC[N+](C)(C)CCCO.O=C[O-]. The van der Waals surface area contributed by atoms with Crippen molar-refractivity contribution >= 4 is 24.1 Å². The number of carbonyl (C=O) groups excluding carboxylic acids is 2. The number of halogens is 3. The van der Waals surface area contributed by atoms with Gasteiger partial charge in [0.1, 0.15) is 6.04 Å². The number of fused-ring (bicyclic) bond motifs is 1. The molecular formula is C30H33F3N6O6. The van der Waals surface area contributed by atoms with Crippen molar-refractivity contribution in [3.8, 4) is 6.07 Å². The quantitative estimate of drug-likeness (QED) is 0.205. The second-order valence-corrected chi connectivity index (χ2v) is 10.8. The van der Waals surface area contributed by atoms with Crippen LogP contribution in [0.4, 0.5) is 24.8 Å². The third kappa shape index (κ3) is 7.59. The molecule has 0 saturated carbocycles. The first-order valence-corrected chi connectivity index (χ1v) is 13.7. The number of nitriles is 1. The Labute approximate surface area is 256 Å². The van der Waals surface area contributed by atoms with Crippen LogP contribution in [0.15, 0.2) is 58.5 Å². The number of anilines is 2. The summed E-state index contributed by atoms with van der Waals surface area (Å²) in [7, 11) is 5.21. The van der Waals surface area contributed by atoms with Crippen LogP contribution in [0.2, 0.25) is 0 Å². The van der Waals surface area contributed by atoms with E-state index in [-0.39, 0.29) is 29.5 Å². The van der Waals surface area contributed by atoms with E-state index in [9.17, 15) is 33.1 Å². The topological polar surface area (TPSA) is 164 Å². The Kier molecular flexibility index (Phi) is 10.9. The fourth-order valence-electron chi connectivity index (χ4n) is 5.27. The van der Waals surface area contributed by atoms with Crippen LogP contribution in [-0.2, 0) is 26.9 Å². The number of allylic oxidation sites excluding steroid dienone is 1. The molecular weight excluding hydrogens is 597 g/mol. The number of nitrogens with one attached hydrogen (secondary N) is 1. The molecule has 1 aliphatic heterocycles. The highest BCUT2D eigenvalue weighted by Gasteiger charge is 2.41. The number of aliphatic hydroxyl groups is 1. The van der Waals surface area contributed by atoms with E-state index >= 15 is 0 Å². The lowest BCUT2D eigenvalue weighted by molar-refractivity contribution is -0.890. The number of aromatic nitrogens is 3. The highest BCUT2D eigenvalue weighted by Crippen LogP contribution is 2.43. The zero-order valence-electron chi connectivity index (χ0n) is 25.1. The fraction of sp³-hybridized carbons (Fsp3) is 0.367. The lowest BCUT2D eigenvalue weighted by Gasteiger charge is -2.36. The number of benzene rings is 2. The van der Waals surface area contributed by atoms with Gasteiger partial charge in [0.2, 0.25) is 5.95 Å². The van der Waals surface area contributed by atoms with Gasteiger partial charge in [0.15, 0.2) is 0 Å². The molecule has 240 valence electrons. The minimum absolute atomic E-state index is 0.0103. The molecule has 4 rings (SSSR count). The van der Waals surface area contributed by atoms with Gasteiger partial charge in [-0.1, -0.05) is 12.1 Å². The molecule has 12 nitrogen and oxygen atoms in total. The first-order valence-electron chi connectivity index (χ1n) is 13.7. The molecule has 0 amide bonds. The molecule has 45 heavy (non-hydrogen) atoms. The monoisotopic (exact) mass is 630 g/mol. The highest BCUT2D eigenvalue weighted by atomic mass is 19.4. The van der Waals surface area contributed by atoms with Gasteiger partial charge in [0.05, 0.1) is 57.1 Å². The van der Waals surface area contributed by atoms with Crippen LogP contribution in [0.1, 0.15) is 41.6 Å². The first-order chi connectivity index (χ1) is 21.2. The molecule has 15 heteroatoms. The zero-order chi connectivity index (χ0) is 33.5. The van der Waals surface area contributed by atoms with Crippen molar-refractivity contribution < 1.29 is 42.2 Å². The molecule has 1 atom stereocenters. The number of carboxylic acid groups (broad SMARTS) is 1. The Morgan fingerprint density at radius 2 is 1.93 bits per heavy atom. The number of likely N-dealkylation sites (N-methyl/N-ethyl adjacent to an activating group) is 1. The third-order valence-electron chi connectivity index (χ3n) is 7.45. The molecule has 0 aliphatic carbocycles. The summed E-state index contributed by atoms with van der Waals surface area (Å²) in [5, 5.41) is 33.7. The second-order valence-electron chi connectivity index (χ2n) is 10.8. The smallest absolute Gasteiger partial charge is 0.416 e. The average Bonchev–Trinajstić information content (AvgIpc) is 3.38. The Balaban J connectivity index is 0.00000177. The molecule has 2 N–H and O–H groups in total. The van der Waals surface area contributed by atoms with Gasteiger partial charge in [-0.2, -0.15) is 18.4 Å². The van der Waals surface area contributed by atoms with E-state index in [2.05, 4.69) is 16.3 Å². The number of quaternary nitrogens is 1. The fourth-order valence-corrected chi connectivity index (χ4v) is 5.27. The van der Waals surface area contributed by atoms with Crippen molar-refractivity contribution in [2.24, 2.45) is 0 Å². The van der Waals surface area contributed by atoms with Crippen LogP contribution in [0.5, 0.6) is 0 Å². The van der Waals surface area contributed by atoms with Crippen molar-refractivity contribution in [3.63, 3.8) is 0 Å². The second kappa shape index (κ2) is 14.2. The van der Waals surface area contributed by atoms with Crippen LogP contribution in [0.3, 0.4) is 0 Å². The maximum absolute atomic E-state index is 13.6. The summed E-state index contributed by atoms with van der Waals surface area (Å²) in [4.78, 5) is 36.2. The summed E-state index contributed by atoms with van der Waals surface area (Å²) < 4.78 is 47.7. The van der Waals surface area contributed by atoms with Gasteiger partial charge in [-0.15, -0.1) is 5.10 Å². The van der Waals surface area contributed by atoms with Crippen LogP contribution in [-0.4, -0.2) is 77.7 Å².